The monoisotopic (exact) mass is 380 g/mol. The number of nitrogens with zero attached hydrogens (tertiary/aromatic N) is 1. The third kappa shape index (κ3) is 6.41. The van der Waals surface area contributed by atoms with E-state index in [9.17, 15) is 13.6 Å². The van der Waals surface area contributed by atoms with Gasteiger partial charge in [-0.05, 0) is 36.9 Å². The van der Waals surface area contributed by atoms with Crippen LogP contribution in [0.15, 0.2) is 42.5 Å². The predicted octanol–water partition coefficient (Wildman–Crippen LogP) is 3.38. The molecule has 0 spiro atoms. The Balaban J connectivity index is 1.92. The minimum Gasteiger partial charge on any atom is -0.497 e. The molecule has 2 aromatic carbocycles. The van der Waals surface area contributed by atoms with E-state index in [0.29, 0.717) is 23.7 Å². The van der Waals surface area contributed by atoms with Gasteiger partial charge in [-0.3, -0.25) is 9.69 Å². The SMILES string of the molecule is COc1ccc(OC)c(NC(=O)CN(C)Cc2ccc(OC(F)F)cc2)c1. The summed E-state index contributed by atoms with van der Waals surface area (Å²) in [5.74, 6) is 1.01. The summed E-state index contributed by atoms with van der Waals surface area (Å²) >= 11 is 0. The molecule has 0 bridgehead atoms. The van der Waals surface area contributed by atoms with E-state index in [1.807, 2.05) is 0 Å². The molecular weight excluding hydrogens is 358 g/mol. The molecule has 0 saturated heterocycles. The number of nitrogens with one attached hydrogen (secondary N) is 1. The first-order valence-corrected chi connectivity index (χ1v) is 8.15. The summed E-state index contributed by atoms with van der Waals surface area (Å²) in [6.07, 6.45) is 0. The number of rotatable bonds is 9. The molecule has 0 radical (unpaired) electrons. The predicted molar refractivity (Wildman–Crippen MR) is 97.6 cm³/mol. The van der Waals surface area contributed by atoms with Crippen molar-refractivity contribution in [3.05, 3.63) is 48.0 Å². The number of halogens is 2. The van der Waals surface area contributed by atoms with Gasteiger partial charge in [0, 0.05) is 12.6 Å². The minimum absolute atomic E-state index is 0.0965. The first-order valence-electron chi connectivity index (χ1n) is 8.15. The highest BCUT2D eigenvalue weighted by molar-refractivity contribution is 5.93. The number of methoxy groups -OCH3 is 2. The maximum atomic E-state index is 12.3. The molecule has 6 nitrogen and oxygen atoms in total. The number of ether oxygens (including phenoxy) is 3. The fraction of sp³-hybridized carbons (Fsp3) is 0.316. The van der Waals surface area contributed by atoms with E-state index in [0.717, 1.165) is 5.56 Å². The Labute approximate surface area is 156 Å². The van der Waals surface area contributed by atoms with Crippen LogP contribution < -0.4 is 19.5 Å². The molecule has 0 aliphatic rings. The number of benzene rings is 2. The zero-order valence-electron chi connectivity index (χ0n) is 15.4. The Morgan fingerprint density at radius 3 is 2.33 bits per heavy atom. The average Bonchev–Trinajstić information content (AvgIpc) is 2.62. The molecule has 146 valence electrons. The molecule has 0 saturated carbocycles. The lowest BCUT2D eigenvalue weighted by Crippen LogP contribution is -2.30. The quantitative estimate of drug-likeness (QED) is 0.723. The molecule has 0 unspecified atom stereocenters. The van der Waals surface area contributed by atoms with E-state index in [1.165, 1.54) is 19.2 Å². The molecule has 27 heavy (non-hydrogen) atoms. The van der Waals surface area contributed by atoms with Crippen molar-refractivity contribution in [3.8, 4) is 17.2 Å². The van der Waals surface area contributed by atoms with Crippen LogP contribution in [-0.2, 0) is 11.3 Å². The van der Waals surface area contributed by atoms with E-state index in [2.05, 4.69) is 10.1 Å². The van der Waals surface area contributed by atoms with Gasteiger partial charge in [0.25, 0.3) is 0 Å². The van der Waals surface area contributed by atoms with Crippen LogP contribution in [-0.4, -0.2) is 45.2 Å². The smallest absolute Gasteiger partial charge is 0.387 e. The fourth-order valence-electron chi connectivity index (χ4n) is 2.49. The highest BCUT2D eigenvalue weighted by Crippen LogP contribution is 2.28. The molecule has 0 atom stereocenters. The number of carbonyl (C=O) groups excluding carboxylic acids is 1. The van der Waals surface area contributed by atoms with Crippen LogP contribution in [0.5, 0.6) is 17.2 Å². The van der Waals surface area contributed by atoms with Crippen LogP contribution in [0.3, 0.4) is 0 Å². The fourth-order valence-corrected chi connectivity index (χ4v) is 2.49. The highest BCUT2D eigenvalue weighted by Gasteiger charge is 2.12. The molecule has 0 aliphatic heterocycles. The Hall–Kier alpha value is -2.87. The van der Waals surface area contributed by atoms with Crippen LogP contribution in [0.4, 0.5) is 14.5 Å². The van der Waals surface area contributed by atoms with Gasteiger partial charge in [-0.25, -0.2) is 0 Å². The van der Waals surface area contributed by atoms with Crippen molar-refractivity contribution in [1.82, 2.24) is 4.90 Å². The van der Waals surface area contributed by atoms with Gasteiger partial charge < -0.3 is 19.5 Å². The Morgan fingerprint density at radius 1 is 1.07 bits per heavy atom. The van der Waals surface area contributed by atoms with Gasteiger partial charge in [-0.1, -0.05) is 12.1 Å². The minimum atomic E-state index is -2.85. The lowest BCUT2D eigenvalue weighted by atomic mass is 10.2. The Kier molecular flexibility index (Phi) is 7.36. The van der Waals surface area contributed by atoms with Crippen LogP contribution >= 0.6 is 0 Å². The summed E-state index contributed by atoms with van der Waals surface area (Å²) in [6, 6.07) is 11.4. The molecule has 1 N–H and O–H groups in total. The van der Waals surface area contributed by atoms with Crippen molar-refractivity contribution in [2.45, 2.75) is 13.2 Å². The van der Waals surface area contributed by atoms with Crippen molar-refractivity contribution < 1.29 is 27.8 Å². The number of hydrogen-bond acceptors (Lipinski definition) is 5. The standard InChI is InChI=1S/C19H22F2N2O4/c1-23(11-13-4-6-14(7-5-13)27-19(20)21)12-18(24)22-16-10-15(25-2)8-9-17(16)26-3/h4-10,19H,11-12H2,1-3H3,(H,22,24). The molecule has 0 aromatic heterocycles. The van der Waals surface area contributed by atoms with Crippen molar-refractivity contribution >= 4 is 11.6 Å². The number of amides is 1. The Bertz CT molecular complexity index is 754. The second kappa shape index (κ2) is 9.72. The summed E-state index contributed by atoms with van der Waals surface area (Å²) in [5.41, 5.74) is 1.38. The summed E-state index contributed by atoms with van der Waals surface area (Å²) in [4.78, 5) is 14.1. The summed E-state index contributed by atoms with van der Waals surface area (Å²) in [5, 5.41) is 2.79. The van der Waals surface area contributed by atoms with Gasteiger partial charge in [0.2, 0.25) is 5.91 Å². The summed E-state index contributed by atoms with van der Waals surface area (Å²) < 4.78 is 39.0. The van der Waals surface area contributed by atoms with Crippen LogP contribution in [0.1, 0.15) is 5.56 Å². The number of carbonyl (C=O) groups is 1. The van der Waals surface area contributed by atoms with Crippen molar-refractivity contribution in [3.63, 3.8) is 0 Å². The first kappa shape index (κ1) is 20.4. The highest BCUT2D eigenvalue weighted by atomic mass is 19.3. The molecule has 1 amide bonds. The number of alkyl halides is 2. The van der Waals surface area contributed by atoms with Crippen LogP contribution in [0, 0.1) is 0 Å². The lowest BCUT2D eigenvalue weighted by Gasteiger charge is -2.17. The second-order valence-electron chi connectivity index (χ2n) is 5.81. The molecule has 2 aromatic rings. The van der Waals surface area contributed by atoms with Gasteiger partial charge in [-0.15, -0.1) is 0 Å². The third-order valence-electron chi connectivity index (χ3n) is 3.70. The molecular formula is C19H22F2N2O4. The topological polar surface area (TPSA) is 60.0 Å². The maximum Gasteiger partial charge on any atom is 0.387 e. The van der Waals surface area contributed by atoms with Gasteiger partial charge in [0.1, 0.15) is 17.2 Å². The van der Waals surface area contributed by atoms with E-state index < -0.39 is 6.61 Å². The average molecular weight is 380 g/mol. The third-order valence-corrected chi connectivity index (χ3v) is 3.70. The van der Waals surface area contributed by atoms with Crippen LogP contribution in [0.2, 0.25) is 0 Å². The van der Waals surface area contributed by atoms with E-state index in [-0.39, 0.29) is 18.2 Å². The first-order chi connectivity index (χ1) is 12.9. The molecule has 2 rings (SSSR count). The normalized spacial score (nSPS) is 10.8. The van der Waals surface area contributed by atoms with Crippen LogP contribution in [0.25, 0.3) is 0 Å². The van der Waals surface area contributed by atoms with Gasteiger partial charge in [0.05, 0.1) is 26.5 Å². The number of hydrogen-bond donors (Lipinski definition) is 1. The molecule has 8 heteroatoms. The van der Waals surface area contributed by atoms with Gasteiger partial charge in [0.15, 0.2) is 0 Å². The zero-order chi connectivity index (χ0) is 19.8. The van der Waals surface area contributed by atoms with Crippen molar-refractivity contribution in [2.75, 3.05) is 33.1 Å². The Morgan fingerprint density at radius 2 is 1.74 bits per heavy atom. The molecule has 0 heterocycles. The van der Waals surface area contributed by atoms with Gasteiger partial charge >= 0.3 is 6.61 Å². The summed E-state index contributed by atoms with van der Waals surface area (Å²) in [6.45, 7) is -2.25. The van der Waals surface area contributed by atoms with E-state index in [4.69, 9.17) is 9.47 Å². The maximum absolute atomic E-state index is 12.3. The lowest BCUT2D eigenvalue weighted by molar-refractivity contribution is -0.117. The number of anilines is 1. The second-order valence-corrected chi connectivity index (χ2v) is 5.81. The van der Waals surface area contributed by atoms with Crippen molar-refractivity contribution in [1.29, 1.82) is 0 Å². The zero-order valence-corrected chi connectivity index (χ0v) is 15.4. The van der Waals surface area contributed by atoms with E-state index in [1.54, 1.807) is 49.4 Å². The number of likely N-dealkylation sites (N-methyl/N-ethyl adjacent to an activating group) is 1. The molecule has 0 aliphatic carbocycles. The van der Waals surface area contributed by atoms with Gasteiger partial charge in [-0.2, -0.15) is 8.78 Å². The van der Waals surface area contributed by atoms with E-state index >= 15 is 0 Å². The molecule has 0 fully saturated rings. The largest absolute Gasteiger partial charge is 0.497 e. The van der Waals surface area contributed by atoms with Crippen molar-refractivity contribution in [2.24, 2.45) is 0 Å². The summed E-state index contributed by atoms with van der Waals surface area (Å²) in [7, 11) is 4.84.